The van der Waals surface area contributed by atoms with Crippen LogP contribution in [-0.4, -0.2) is 23.2 Å². The Balaban J connectivity index is 1.98. The van der Waals surface area contributed by atoms with Gasteiger partial charge in [-0.05, 0) is 30.7 Å². The topological polar surface area (TPSA) is 35.0 Å². The van der Waals surface area contributed by atoms with Crippen molar-refractivity contribution >= 4 is 0 Å². The molecule has 0 N–H and O–H groups in total. The Morgan fingerprint density at radius 2 is 2.19 bits per heavy atom. The Kier molecular flexibility index (Phi) is 4.05. The average molecular weight is 218 g/mol. The Hall–Kier alpha value is -1.22. The van der Waals surface area contributed by atoms with Gasteiger partial charge in [0.05, 0.1) is 0 Å². The molecule has 3 nitrogen and oxygen atoms in total. The molecule has 1 aromatic heterocycles. The fourth-order valence-electron chi connectivity index (χ4n) is 2.25. The zero-order valence-electron chi connectivity index (χ0n) is 9.51. The van der Waals surface area contributed by atoms with Crippen LogP contribution in [0.1, 0.15) is 18.7 Å². The first-order valence-electron chi connectivity index (χ1n) is 5.84. The monoisotopic (exact) mass is 218 g/mol. The predicted octanol–water partition coefficient (Wildman–Crippen LogP) is 2.25. The molecule has 0 radical (unpaired) electrons. The number of hydrogen-bond acceptors (Lipinski definition) is 3. The van der Waals surface area contributed by atoms with Crippen molar-refractivity contribution in [2.45, 2.75) is 19.3 Å². The second-order valence-corrected chi connectivity index (χ2v) is 4.28. The summed E-state index contributed by atoms with van der Waals surface area (Å²) in [7, 11) is 0. The molecule has 1 saturated heterocycles. The van der Waals surface area contributed by atoms with Crippen LogP contribution in [0.15, 0.2) is 31.1 Å². The van der Waals surface area contributed by atoms with Gasteiger partial charge >= 0.3 is 0 Å². The molecule has 2 heterocycles. The van der Waals surface area contributed by atoms with Crippen LogP contribution in [-0.2, 0) is 11.2 Å². The fraction of sp³-hybridized carbons (Fsp3) is 0.538. The summed E-state index contributed by atoms with van der Waals surface area (Å²) >= 11 is 0. The van der Waals surface area contributed by atoms with Gasteiger partial charge in [-0.25, -0.2) is 9.97 Å². The van der Waals surface area contributed by atoms with E-state index in [1.807, 2.05) is 24.5 Å². The fourth-order valence-corrected chi connectivity index (χ4v) is 2.25. The second-order valence-electron chi connectivity index (χ2n) is 4.28. The Morgan fingerprint density at radius 1 is 1.38 bits per heavy atom. The van der Waals surface area contributed by atoms with E-state index in [-0.39, 0.29) is 0 Å². The molecule has 0 aromatic carbocycles. The van der Waals surface area contributed by atoms with Gasteiger partial charge in [-0.3, -0.25) is 0 Å². The van der Waals surface area contributed by atoms with Gasteiger partial charge in [-0.15, -0.1) is 6.58 Å². The highest BCUT2D eigenvalue weighted by Gasteiger charge is 2.25. The third-order valence-corrected chi connectivity index (χ3v) is 3.17. The summed E-state index contributed by atoms with van der Waals surface area (Å²) in [6.07, 6.45) is 8.70. The van der Waals surface area contributed by atoms with E-state index in [1.165, 1.54) is 0 Å². The normalized spacial score (nSPS) is 25.2. The van der Waals surface area contributed by atoms with Gasteiger partial charge in [0, 0.05) is 32.0 Å². The van der Waals surface area contributed by atoms with Crippen molar-refractivity contribution < 1.29 is 4.74 Å². The molecule has 0 saturated carbocycles. The van der Waals surface area contributed by atoms with Crippen molar-refractivity contribution in [2.75, 3.05) is 13.2 Å². The summed E-state index contributed by atoms with van der Waals surface area (Å²) in [6, 6.07) is 1.86. The van der Waals surface area contributed by atoms with Crippen LogP contribution < -0.4 is 0 Å². The largest absolute Gasteiger partial charge is 0.381 e. The molecule has 3 heteroatoms. The lowest BCUT2D eigenvalue weighted by Gasteiger charge is -2.30. The maximum Gasteiger partial charge on any atom is 0.128 e. The first-order chi connectivity index (χ1) is 7.90. The van der Waals surface area contributed by atoms with Gasteiger partial charge in [-0.2, -0.15) is 0 Å². The van der Waals surface area contributed by atoms with Crippen LogP contribution in [0, 0.1) is 11.8 Å². The number of ether oxygens (including phenoxy) is 1. The summed E-state index contributed by atoms with van der Waals surface area (Å²) < 4.78 is 5.51. The molecule has 1 aliphatic heterocycles. The maximum atomic E-state index is 5.51. The van der Waals surface area contributed by atoms with Gasteiger partial charge in [0.2, 0.25) is 0 Å². The van der Waals surface area contributed by atoms with Gasteiger partial charge in [0.15, 0.2) is 0 Å². The zero-order chi connectivity index (χ0) is 11.2. The summed E-state index contributed by atoms with van der Waals surface area (Å²) in [4.78, 5) is 8.58. The van der Waals surface area contributed by atoms with Crippen LogP contribution in [0.2, 0.25) is 0 Å². The van der Waals surface area contributed by atoms with Gasteiger partial charge in [-0.1, -0.05) is 6.08 Å². The van der Waals surface area contributed by atoms with Crippen LogP contribution in [0.4, 0.5) is 0 Å². The summed E-state index contributed by atoms with van der Waals surface area (Å²) in [5, 5.41) is 0. The maximum absolute atomic E-state index is 5.51. The van der Waals surface area contributed by atoms with E-state index in [1.54, 1.807) is 0 Å². The molecular weight excluding hydrogens is 200 g/mol. The van der Waals surface area contributed by atoms with Crippen molar-refractivity contribution in [3.63, 3.8) is 0 Å². The quantitative estimate of drug-likeness (QED) is 0.727. The summed E-state index contributed by atoms with van der Waals surface area (Å²) in [5.41, 5.74) is 0. The minimum atomic E-state index is 0.579. The molecule has 0 bridgehead atoms. The third-order valence-electron chi connectivity index (χ3n) is 3.17. The Labute approximate surface area is 96.6 Å². The van der Waals surface area contributed by atoms with Gasteiger partial charge in [0.1, 0.15) is 5.82 Å². The van der Waals surface area contributed by atoms with Crippen molar-refractivity contribution in [1.82, 2.24) is 9.97 Å². The predicted molar refractivity (Wildman–Crippen MR) is 63.0 cm³/mol. The van der Waals surface area contributed by atoms with Crippen molar-refractivity contribution in [1.29, 1.82) is 0 Å². The molecule has 0 amide bonds. The van der Waals surface area contributed by atoms with Crippen molar-refractivity contribution in [3.05, 3.63) is 36.9 Å². The first kappa shape index (κ1) is 11.3. The van der Waals surface area contributed by atoms with E-state index < -0.39 is 0 Å². The highest BCUT2D eigenvalue weighted by atomic mass is 16.5. The standard InChI is InChI=1S/C13H18N2O/c1-2-4-12-10-16-8-5-11(12)9-13-14-6-3-7-15-13/h2-3,6-7,11-12H,1,4-5,8-10H2/t11-,12+/m0/s1. The van der Waals surface area contributed by atoms with Crippen molar-refractivity contribution in [2.24, 2.45) is 11.8 Å². The lowest BCUT2D eigenvalue weighted by molar-refractivity contribution is 0.0176. The van der Waals surface area contributed by atoms with Crippen LogP contribution in [0.25, 0.3) is 0 Å². The lowest BCUT2D eigenvalue weighted by atomic mass is 9.83. The highest BCUT2D eigenvalue weighted by Crippen LogP contribution is 2.27. The van der Waals surface area contributed by atoms with Crippen LogP contribution >= 0.6 is 0 Å². The summed E-state index contributed by atoms with van der Waals surface area (Å²) in [6.45, 7) is 5.53. The third kappa shape index (κ3) is 2.89. The summed E-state index contributed by atoms with van der Waals surface area (Å²) in [5.74, 6) is 2.16. The molecule has 0 aliphatic carbocycles. The molecule has 0 spiro atoms. The van der Waals surface area contributed by atoms with E-state index in [9.17, 15) is 0 Å². The number of hydrogen-bond donors (Lipinski definition) is 0. The molecule has 1 aliphatic rings. The number of rotatable bonds is 4. The lowest BCUT2D eigenvalue weighted by Crippen LogP contribution is -2.29. The smallest absolute Gasteiger partial charge is 0.128 e. The first-order valence-corrected chi connectivity index (χ1v) is 5.84. The zero-order valence-corrected chi connectivity index (χ0v) is 9.51. The Morgan fingerprint density at radius 3 is 2.94 bits per heavy atom. The molecule has 1 aromatic rings. The van der Waals surface area contributed by atoms with Crippen LogP contribution in [0.5, 0.6) is 0 Å². The molecule has 0 unspecified atom stereocenters. The molecule has 2 atom stereocenters. The SMILES string of the molecule is C=CC[C@@H]1COCC[C@H]1Cc1ncccn1. The number of allylic oxidation sites excluding steroid dienone is 1. The van der Waals surface area contributed by atoms with Gasteiger partial charge < -0.3 is 4.74 Å². The minimum absolute atomic E-state index is 0.579. The van der Waals surface area contributed by atoms with E-state index in [0.717, 1.165) is 38.3 Å². The van der Waals surface area contributed by atoms with Crippen LogP contribution in [0.3, 0.4) is 0 Å². The second kappa shape index (κ2) is 5.75. The number of nitrogens with zero attached hydrogens (tertiary/aromatic N) is 2. The van der Waals surface area contributed by atoms with E-state index >= 15 is 0 Å². The number of aromatic nitrogens is 2. The molecule has 86 valence electrons. The van der Waals surface area contributed by atoms with Gasteiger partial charge in [0.25, 0.3) is 0 Å². The highest BCUT2D eigenvalue weighted by molar-refractivity contribution is 4.93. The molecule has 16 heavy (non-hydrogen) atoms. The van der Waals surface area contributed by atoms with E-state index in [4.69, 9.17) is 4.74 Å². The molecule has 2 rings (SSSR count). The van der Waals surface area contributed by atoms with Crippen molar-refractivity contribution in [3.8, 4) is 0 Å². The molecule has 1 fully saturated rings. The van der Waals surface area contributed by atoms with E-state index in [0.29, 0.717) is 11.8 Å². The molecular formula is C13H18N2O. The minimum Gasteiger partial charge on any atom is -0.381 e. The average Bonchev–Trinajstić information content (AvgIpc) is 2.33. The van der Waals surface area contributed by atoms with E-state index in [2.05, 4.69) is 16.5 Å². The Bertz CT molecular complexity index is 326.